The second-order valence-electron chi connectivity index (χ2n) is 3.87. The third-order valence-corrected chi connectivity index (χ3v) is 3.77. The number of hydrogen-bond acceptors (Lipinski definition) is 1. The Morgan fingerprint density at radius 3 is 2.22 bits per heavy atom. The smallest absolute Gasteiger partial charge is 0.00958 e. The van der Waals surface area contributed by atoms with E-state index >= 15 is 0 Å². The zero-order chi connectivity index (χ0) is 6.91. The Hall–Kier alpha value is 0.350. The largest absolute Gasteiger partial charge is 0.158 e. The second kappa shape index (κ2) is 2.53. The lowest BCUT2D eigenvalue weighted by molar-refractivity contribution is 0.387. The number of thioether (sulfide) groups is 1. The fraction of sp³-hybridized carbons (Fsp3) is 1.00. The molecule has 0 bridgehead atoms. The van der Waals surface area contributed by atoms with E-state index in [-0.39, 0.29) is 0 Å². The minimum atomic E-state index is 0.543. The first-order valence-electron chi connectivity index (χ1n) is 3.72. The quantitative estimate of drug-likeness (QED) is 0.503. The molecule has 9 heavy (non-hydrogen) atoms. The van der Waals surface area contributed by atoms with Crippen LogP contribution in [0.4, 0.5) is 0 Å². The maximum absolute atomic E-state index is 2.34. The molecule has 1 atom stereocenters. The molecule has 0 aromatic carbocycles. The SMILES string of the molecule is CC(C)(C)[C@H]1CCCS1. The minimum Gasteiger partial charge on any atom is -0.158 e. The summed E-state index contributed by atoms with van der Waals surface area (Å²) < 4.78 is 0. The summed E-state index contributed by atoms with van der Waals surface area (Å²) in [5.74, 6) is 1.39. The van der Waals surface area contributed by atoms with E-state index < -0.39 is 0 Å². The van der Waals surface area contributed by atoms with Gasteiger partial charge in [-0.05, 0) is 24.0 Å². The average molecular weight is 144 g/mol. The van der Waals surface area contributed by atoms with Crippen LogP contribution in [0.5, 0.6) is 0 Å². The van der Waals surface area contributed by atoms with Gasteiger partial charge in [-0.15, -0.1) is 0 Å². The van der Waals surface area contributed by atoms with Crippen molar-refractivity contribution in [2.75, 3.05) is 5.75 Å². The van der Waals surface area contributed by atoms with Crippen molar-refractivity contribution in [3.63, 3.8) is 0 Å². The molecule has 54 valence electrons. The van der Waals surface area contributed by atoms with Gasteiger partial charge in [-0.25, -0.2) is 0 Å². The van der Waals surface area contributed by atoms with E-state index in [4.69, 9.17) is 0 Å². The van der Waals surface area contributed by atoms with Gasteiger partial charge in [0.05, 0.1) is 0 Å². The molecule has 0 aromatic heterocycles. The van der Waals surface area contributed by atoms with E-state index in [1.165, 1.54) is 18.6 Å². The lowest BCUT2D eigenvalue weighted by atomic mass is 9.89. The van der Waals surface area contributed by atoms with E-state index in [0.29, 0.717) is 5.41 Å². The van der Waals surface area contributed by atoms with Crippen molar-refractivity contribution in [3.05, 3.63) is 0 Å². The highest BCUT2D eigenvalue weighted by atomic mass is 32.2. The van der Waals surface area contributed by atoms with Crippen LogP contribution in [0.2, 0.25) is 0 Å². The van der Waals surface area contributed by atoms with Crippen molar-refractivity contribution in [2.45, 2.75) is 38.9 Å². The molecule has 1 fully saturated rings. The second-order valence-corrected chi connectivity index (χ2v) is 5.18. The van der Waals surface area contributed by atoms with Gasteiger partial charge in [-0.3, -0.25) is 0 Å². The van der Waals surface area contributed by atoms with Crippen LogP contribution in [0, 0.1) is 5.41 Å². The van der Waals surface area contributed by atoms with Gasteiger partial charge in [0.15, 0.2) is 0 Å². The van der Waals surface area contributed by atoms with Crippen LogP contribution in [-0.4, -0.2) is 11.0 Å². The van der Waals surface area contributed by atoms with Gasteiger partial charge in [0.2, 0.25) is 0 Å². The molecule has 0 unspecified atom stereocenters. The summed E-state index contributed by atoms with van der Waals surface area (Å²) in [4.78, 5) is 0. The molecule has 0 aliphatic carbocycles. The molecule has 1 saturated heterocycles. The summed E-state index contributed by atoms with van der Waals surface area (Å²) in [5, 5.41) is 0.928. The fourth-order valence-corrected chi connectivity index (χ4v) is 2.71. The van der Waals surface area contributed by atoms with Gasteiger partial charge in [0, 0.05) is 5.25 Å². The summed E-state index contributed by atoms with van der Waals surface area (Å²) in [7, 11) is 0. The van der Waals surface area contributed by atoms with Crippen molar-refractivity contribution in [1.82, 2.24) is 0 Å². The van der Waals surface area contributed by atoms with Crippen LogP contribution in [0.15, 0.2) is 0 Å². The van der Waals surface area contributed by atoms with Crippen LogP contribution in [0.1, 0.15) is 33.6 Å². The lowest BCUT2D eigenvalue weighted by Gasteiger charge is -2.25. The summed E-state index contributed by atoms with van der Waals surface area (Å²) in [5.41, 5.74) is 0.543. The van der Waals surface area contributed by atoms with Crippen LogP contribution in [-0.2, 0) is 0 Å². The minimum absolute atomic E-state index is 0.543. The van der Waals surface area contributed by atoms with Crippen LogP contribution >= 0.6 is 11.8 Å². The van der Waals surface area contributed by atoms with Crippen LogP contribution in [0.3, 0.4) is 0 Å². The molecule has 1 heterocycles. The molecular weight excluding hydrogens is 128 g/mol. The van der Waals surface area contributed by atoms with Gasteiger partial charge in [0.1, 0.15) is 0 Å². The molecule has 0 nitrogen and oxygen atoms in total. The third kappa shape index (κ3) is 1.89. The van der Waals surface area contributed by atoms with E-state index in [2.05, 4.69) is 32.5 Å². The molecule has 0 radical (unpaired) electrons. The molecule has 1 aliphatic rings. The fourth-order valence-electron chi connectivity index (χ4n) is 1.26. The summed E-state index contributed by atoms with van der Waals surface area (Å²) >= 11 is 2.15. The van der Waals surface area contributed by atoms with Crippen molar-refractivity contribution in [1.29, 1.82) is 0 Å². The van der Waals surface area contributed by atoms with Crippen LogP contribution in [0.25, 0.3) is 0 Å². The zero-order valence-electron chi connectivity index (χ0n) is 6.61. The van der Waals surface area contributed by atoms with Crippen molar-refractivity contribution in [3.8, 4) is 0 Å². The van der Waals surface area contributed by atoms with Crippen molar-refractivity contribution < 1.29 is 0 Å². The molecule has 1 heteroatoms. The Bertz CT molecular complexity index is 85.2. The number of rotatable bonds is 0. The molecular formula is C8H16S. The Morgan fingerprint density at radius 2 is 2.00 bits per heavy atom. The van der Waals surface area contributed by atoms with Gasteiger partial charge >= 0.3 is 0 Å². The molecule has 0 N–H and O–H groups in total. The maximum atomic E-state index is 2.34. The van der Waals surface area contributed by atoms with Crippen molar-refractivity contribution >= 4 is 11.8 Å². The Labute approximate surface area is 62.4 Å². The lowest BCUT2D eigenvalue weighted by Crippen LogP contribution is -2.19. The monoisotopic (exact) mass is 144 g/mol. The predicted molar refractivity (Wildman–Crippen MR) is 44.9 cm³/mol. The third-order valence-electron chi connectivity index (χ3n) is 1.90. The molecule has 0 aromatic rings. The highest BCUT2D eigenvalue weighted by Crippen LogP contribution is 2.38. The van der Waals surface area contributed by atoms with Gasteiger partial charge in [-0.1, -0.05) is 20.8 Å². The highest BCUT2D eigenvalue weighted by molar-refractivity contribution is 8.00. The first kappa shape index (κ1) is 7.46. The number of hydrogen-bond donors (Lipinski definition) is 0. The normalized spacial score (nSPS) is 29.0. The summed E-state index contributed by atoms with van der Waals surface area (Å²) in [6.07, 6.45) is 2.88. The Morgan fingerprint density at radius 1 is 1.33 bits per heavy atom. The molecule has 0 amide bonds. The van der Waals surface area contributed by atoms with Gasteiger partial charge < -0.3 is 0 Å². The average Bonchev–Trinajstić information content (AvgIpc) is 2.08. The predicted octanol–water partition coefficient (Wildman–Crippen LogP) is 2.93. The van der Waals surface area contributed by atoms with E-state index in [9.17, 15) is 0 Å². The van der Waals surface area contributed by atoms with Gasteiger partial charge in [0.25, 0.3) is 0 Å². The molecule has 0 spiro atoms. The Balaban J connectivity index is 2.42. The maximum Gasteiger partial charge on any atom is 0.00958 e. The van der Waals surface area contributed by atoms with E-state index in [0.717, 1.165) is 5.25 Å². The molecule has 1 rings (SSSR count). The van der Waals surface area contributed by atoms with Gasteiger partial charge in [-0.2, -0.15) is 11.8 Å². The summed E-state index contributed by atoms with van der Waals surface area (Å²) in [6, 6.07) is 0. The molecule has 0 saturated carbocycles. The first-order chi connectivity index (χ1) is 4.11. The zero-order valence-corrected chi connectivity index (χ0v) is 7.42. The highest BCUT2D eigenvalue weighted by Gasteiger charge is 2.27. The van der Waals surface area contributed by atoms with Crippen LogP contribution < -0.4 is 0 Å². The molecule has 1 aliphatic heterocycles. The van der Waals surface area contributed by atoms with E-state index in [1.54, 1.807) is 0 Å². The Kier molecular flexibility index (Phi) is 2.10. The van der Waals surface area contributed by atoms with E-state index in [1.807, 2.05) is 0 Å². The summed E-state index contributed by atoms with van der Waals surface area (Å²) in [6.45, 7) is 7.03. The topological polar surface area (TPSA) is 0 Å². The first-order valence-corrected chi connectivity index (χ1v) is 4.77. The van der Waals surface area contributed by atoms with Crippen molar-refractivity contribution in [2.24, 2.45) is 5.41 Å². The standard InChI is InChI=1S/C8H16S/c1-8(2,3)7-5-4-6-9-7/h7H,4-6H2,1-3H3/t7-/m1/s1.